The Balaban J connectivity index is 1.50. The van der Waals surface area contributed by atoms with Crippen molar-refractivity contribution >= 4 is 27.4 Å². The molecular weight excluding hydrogens is 502 g/mol. The molecule has 0 bridgehead atoms. The number of esters is 1. The quantitative estimate of drug-likeness (QED) is 0.249. The minimum Gasteiger partial charge on any atom is -0.482 e. The molecule has 0 aliphatic rings. The summed E-state index contributed by atoms with van der Waals surface area (Å²) in [5.41, 5.74) is 1.72. The first kappa shape index (κ1) is 27.7. The molecule has 0 aliphatic carbocycles. The van der Waals surface area contributed by atoms with Crippen LogP contribution in [-0.2, 0) is 25.8 Å². The average Bonchev–Trinajstić information content (AvgIpc) is 2.89. The van der Waals surface area contributed by atoms with Gasteiger partial charge in [-0.25, -0.2) is 13.2 Å². The average molecular weight is 532 g/mol. The van der Waals surface area contributed by atoms with Crippen LogP contribution in [0.2, 0.25) is 5.02 Å². The van der Waals surface area contributed by atoms with E-state index in [0.29, 0.717) is 36.9 Å². The lowest BCUT2D eigenvalue weighted by molar-refractivity contribution is -0.146. The van der Waals surface area contributed by atoms with Crippen LogP contribution in [0.15, 0.2) is 82.6 Å². The molecule has 3 rings (SSSR count). The summed E-state index contributed by atoms with van der Waals surface area (Å²) in [6.07, 6.45) is 0.739. The fourth-order valence-electron chi connectivity index (χ4n) is 3.39. The van der Waals surface area contributed by atoms with Gasteiger partial charge >= 0.3 is 5.97 Å². The molecule has 0 saturated heterocycles. The van der Waals surface area contributed by atoms with Crippen molar-refractivity contribution in [3.8, 4) is 5.75 Å². The van der Waals surface area contributed by atoms with E-state index < -0.39 is 21.9 Å². The second-order valence-corrected chi connectivity index (χ2v) is 10.5. The highest BCUT2D eigenvalue weighted by Crippen LogP contribution is 2.24. The van der Waals surface area contributed by atoms with Crippen molar-refractivity contribution in [2.75, 3.05) is 26.3 Å². The van der Waals surface area contributed by atoms with Crippen LogP contribution in [0.5, 0.6) is 5.75 Å². The van der Waals surface area contributed by atoms with Gasteiger partial charge in [-0.15, -0.1) is 0 Å². The largest absolute Gasteiger partial charge is 0.482 e. The van der Waals surface area contributed by atoms with E-state index in [2.05, 4.69) is 5.32 Å². The van der Waals surface area contributed by atoms with Crippen molar-refractivity contribution in [3.63, 3.8) is 0 Å². The van der Waals surface area contributed by atoms with Crippen LogP contribution in [0.25, 0.3) is 0 Å². The van der Waals surface area contributed by atoms with E-state index in [9.17, 15) is 18.3 Å². The lowest BCUT2D eigenvalue weighted by atomic mass is 10.1. The van der Waals surface area contributed by atoms with E-state index in [0.717, 1.165) is 17.5 Å². The Morgan fingerprint density at radius 1 is 1.03 bits per heavy atom. The number of hydrogen-bond acceptors (Lipinski definition) is 7. The molecule has 0 radical (unpaired) electrons. The Morgan fingerprint density at radius 3 is 2.33 bits per heavy atom. The number of sulfone groups is 1. The predicted molar refractivity (Wildman–Crippen MR) is 138 cm³/mol. The summed E-state index contributed by atoms with van der Waals surface area (Å²) in [4.78, 5) is 11.9. The molecule has 0 spiro atoms. The Hall–Kier alpha value is -2.91. The zero-order chi connectivity index (χ0) is 26.0. The first-order chi connectivity index (χ1) is 17.3. The van der Waals surface area contributed by atoms with Gasteiger partial charge in [0.1, 0.15) is 5.75 Å². The Bertz CT molecular complexity index is 1230. The molecule has 0 fully saturated rings. The maximum absolute atomic E-state index is 13.0. The van der Waals surface area contributed by atoms with Gasteiger partial charge in [-0.3, -0.25) is 0 Å². The van der Waals surface area contributed by atoms with Crippen LogP contribution in [-0.4, -0.2) is 45.8 Å². The van der Waals surface area contributed by atoms with Crippen molar-refractivity contribution in [1.29, 1.82) is 0 Å². The monoisotopic (exact) mass is 531 g/mol. The summed E-state index contributed by atoms with van der Waals surface area (Å²) < 4.78 is 36.2. The molecule has 7 nitrogen and oxygen atoms in total. The summed E-state index contributed by atoms with van der Waals surface area (Å²) >= 11 is 5.96. The lowest BCUT2D eigenvalue weighted by Crippen LogP contribution is -2.23. The minimum absolute atomic E-state index is 0.132. The third kappa shape index (κ3) is 8.06. The molecule has 3 aromatic rings. The molecule has 0 aromatic heterocycles. The summed E-state index contributed by atoms with van der Waals surface area (Å²) in [5, 5.41) is 14.0. The fourth-order valence-corrected chi connectivity index (χ4v) is 4.85. The van der Waals surface area contributed by atoms with Crippen molar-refractivity contribution in [3.05, 3.63) is 88.9 Å². The van der Waals surface area contributed by atoms with Crippen LogP contribution >= 0.6 is 11.6 Å². The fraction of sp³-hybridized carbons (Fsp3) is 0.296. The van der Waals surface area contributed by atoms with Crippen LogP contribution < -0.4 is 10.1 Å². The number of carbonyl (C=O) groups is 1. The molecule has 0 amide bonds. The van der Waals surface area contributed by atoms with E-state index in [-0.39, 0.29) is 16.4 Å². The molecule has 3 aromatic carbocycles. The number of halogens is 1. The standard InChI is InChI=1S/C27H30ClNO6S/c1-2-16-34-27(31)19-35-23-8-12-25(13-9-23)36(32,33)24-10-6-20(7-11-24)14-15-29-18-26(30)21-4-3-5-22(28)17-21/h3-13,17,26,29-30H,2,14-16,18-19H2,1H3/t26-/m0/s1. The van der Waals surface area contributed by atoms with Gasteiger partial charge in [0.2, 0.25) is 9.84 Å². The SMILES string of the molecule is CCCOC(=O)COc1ccc(S(=O)(=O)c2ccc(CCNC[C@H](O)c3cccc(Cl)c3)cc2)cc1. The Morgan fingerprint density at radius 2 is 1.69 bits per heavy atom. The highest BCUT2D eigenvalue weighted by molar-refractivity contribution is 7.91. The van der Waals surface area contributed by atoms with Crippen molar-refractivity contribution in [2.24, 2.45) is 0 Å². The smallest absolute Gasteiger partial charge is 0.344 e. The maximum atomic E-state index is 13.0. The van der Waals surface area contributed by atoms with Gasteiger partial charge in [0.05, 0.1) is 22.5 Å². The molecule has 0 unspecified atom stereocenters. The minimum atomic E-state index is -3.69. The number of aliphatic hydroxyl groups is 1. The van der Waals surface area contributed by atoms with E-state index >= 15 is 0 Å². The molecule has 1 atom stereocenters. The van der Waals surface area contributed by atoms with E-state index in [1.165, 1.54) is 24.3 Å². The summed E-state index contributed by atoms with van der Waals surface area (Å²) in [7, 11) is -3.69. The molecule has 36 heavy (non-hydrogen) atoms. The van der Waals surface area contributed by atoms with E-state index in [1.807, 2.05) is 13.0 Å². The van der Waals surface area contributed by atoms with E-state index in [1.54, 1.807) is 42.5 Å². The Labute approximate surface area is 216 Å². The van der Waals surface area contributed by atoms with Crippen LogP contribution in [0, 0.1) is 0 Å². The number of nitrogens with one attached hydrogen (secondary N) is 1. The maximum Gasteiger partial charge on any atom is 0.344 e. The number of rotatable bonds is 13. The molecule has 0 saturated carbocycles. The zero-order valence-electron chi connectivity index (χ0n) is 20.0. The van der Waals surface area contributed by atoms with Gasteiger partial charge in [-0.2, -0.15) is 0 Å². The Kier molecular flexibility index (Phi) is 10.3. The third-order valence-electron chi connectivity index (χ3n) is 5.35. The van der Waals surface area contributed by atoms with Gasteiger partial charge in [0, 0.05) is 11.6 Å². The summed E-state index contributed by atoms with van der Waals surface area (Å²) in [5.74, 6) is -0.0909. The van der Waals surface area contributed by atoms with Gasteiger partial charge < -0.3 is 19.9 Å². The molecule has 2 N–H and O–H groups in total. The van der Waals surface area contributed by atoms with Gasteiger partial charge in [-0.1, -0.05) is 42.8 Å². The second kappa shape index (κ2) is 13.4. The summed E-state index contributed by atoms with van der Waals surface area (Å²) in [6.45, 7) is 3.00. The van der Waals surface area contributed by atoms with Crippen molar-refractivity contribution in [1.82, 2.24) is 5.32 Å². The third-order valence-corrected chi connectivity index (χ3v) is 7.37. The molecule has 9 heteroatoms. The molecule has 192 valence electrons. The molecule has 0 heterocycles. The number of carbonyl (C=O) groups excluding carboxylic acids is 1. The molecule has 0 aliphatic heterocycles. The summed E-state index contributed by atoms with van der Waals surface area (Å²) in [6, 6.07) is 19.8. The number of benzene rings is 3. The normalized spacial score (nSPS) is 12.2. The first-order valence-electron chi connectivity index (χ1n) is 11.7. The highest BCUT2D eigenvalue weighted by Gasteiger charge is 2.18. The van der Waals surface area contributed by atoms with Crippen molar-refractivity contribution < 1.29 is 27.8 Å². The highest BCUT2D eigenvalue weighted by atomic mass is 35.5. The van der Waals surface area contributed by atoms with Gasteiger partial charge in [0.15, 0.2) is 6.61 Å². The van der Waals surface area contributed by atoms with Gasteiger partial charge in [-0.05, 0) is 79.0 Å². The topological polar surface area (TPSA) is 102 Å². The zero-order valence-corrected chi connectivity index (χ0v) is 21.6. The lowest BCUT2D eigenvalue weighted by Gasteiger charge is -2.13. The van der Waals surface area contributed by atoms with Crippen LogP contribution in [0.3, 0.4) is 0 Å². The van der Waals surface area contributed by atoms with Crippen LogP contribution in [0.1, 0.15) is 30.6 Å². The number of hydrogen-bond donors (Lipinski definition) is 2. The first-order valence-corrected chi connectivity index (χ1v) is 13.5. The number of aliphatic hydroxyl groups excluding tert-OH is 1. The molecular formula is C27H30ClNO6S. The van der Waals surface area contributed by atoms with Crippen molar-refractivity contribution in [2.45, 2.75) is 35.7 Å². The van der Waals surface area contributed by atoms with Crippen LogP contribution in [0.4, 0.5) is 0 Å². The predicted octanol–water partition coefficient (Wildman–Crippen LogP) is 4.37. The number of ether oxygens (including phenoxy) is 2. The van der Waals surface area contributed by atoms with Gasteiger partial charge in [0.25, 0.3) is 0 Å². The second-order valence-electron chi connectivity index (χ2n) is 8.15. The van der Waals surface area contributed by atoms with E-state index in [4.69, 9.17) is 21.1 Å².